The van der Waals surface area contributed by atoms with Crippen molar-refractivity contribution < 1.29 is 22.7 Å². The molecule has 0 N–H and O–H groups in total. The van der Waals surface area contributed by atoms with Crippen molar-refractivity contribution in [3.63, 3.8) is 0 Å². The SMILES string of the molecule is C=CCOc1cccc(N(CC(=O)OC)S(=O)(=O)c2cc(Cl)ccc2Cl)c1. The van der Waals surface area contributed by atoms with E-state index < -0.39 is 22.5 Å². The van der Waals surface area contributed by atoms with Gasteiger partial charge in [-0.1, -0.05) is 41.9 Å². The highest BCUT2D eigenvalue weighted by molar-refractivity contribution is 7.93. The van der Waals surface area contributed by atoms with E-state index in [0.29, 0.717) is 5.75 Å². The second-order valence-electron chi connectivity index (χ2n) is 5.26. The van der Waals surface area contributed by atoms with Crippen LogP contribution in [0.3, 0.4) is 0 Å². The summed E-state index contributed by atoms with van der Waals surface area (Å²) in [5.74, 6) is -0.330. The van der Waals surface area contributed by atoms with Gasteiger partial charge in [0, 0.05) is 11.1 Å². The zero-order valence-corrected chi connectivity index (χ0v) is 16.7. The van der Waals surface area contributed by atoms with E-state index in [1.165, 1.54) is 37.4 Å². The molecular formula is C18H17Cl2NO5S. The van der Waals surface area contributed by atoms with Gasteiger partial charge in [-0.25, -0.2) is 8.42 Å². The lowest BCUT2D eigenvalue weighted by atomic mass is 10.3. The Hall–Kier alpha value is -2.22. The minimum atomic E-state index is -4.21. The standard InChI is InChI=1S/C18H17Cl2NO5S/c1-3-9-26-15-6-4-5-14(11-15)21(12-18(22)25-2)27(23,24)17-10-13(19)7-8-16(17)20/h3-8,10-11H,1,9,12H2,2H3. The second kappa shape index (κ2) is 9.12. The molecule has 0 unspecified atom stereocenters. The molecule has 0 aliphatic carbocycles. The summed E-state index contributed by atoms with van der Waals surface area (Å²) < 4.78 is 37.4. The number of benzene rings is 2. The molecule has 0 fully saturated rings. The zero-order valence-electron chi connectivity index (χ0n) is 14.4. The van der Waals surface area contributed by atoms with Gasteiger partial charge in [0.1, 0.15) is 23.8 Å². The molecule has 0 bridgehead atoms. The van der Waals surface area contributed by atoms with E-state index in [2.05, 4.69) is 11.3 Å². The number of hydrogen-bond donors (Lipinski definition) is 0. The van der Waals surface area contributed by atoms with Crippen LogP contribution >= 0.6 is 23.2 Å². The molecule has 0 aliphatic rings. The Labute approximate surface area is 168 Å². The summed E-state index contributed by atoms with van der Waals surface area (Å²) in [5, 5.41) is 0.174. The van der Waals surface area contributed by atoms with Gasteiger partial charge in [-0.2, -0.15) is 0 Å². The maximum atomic E-state index is 13.2. The van der Waals surface area contributed by atoms with E-state index >= 15 is 0 Å². The van der Waals surface area contributed by atoms with E-state index in [-0.39, 0.29) is 27.2 Å². The number of anilines is 1. The van der Waals surface area contributed by atoms with E-state index in [0.717, 1.165) is 4.31 Å². The monoisotopic (exact) mass is 429 g/mol. The van der Waals surface area contributed by atoms with Crippen molar-refractivity contribution in [3.8, 4) is 5.75 Å². The number of carbonyl (C=O) groups excluding carboxylic acids is 1. The quantitative estimate of drug-likeness (QED) is 0.469. The highest BCUT2D eigenvalue weighted by atomic mass is 35.5. The summed E-state index contributed by atoms with van der Waals surface area (Å²) in [5.41, 5.74) is 0.206. The number of halogens is 2. The molecule has 6 nitrogen and oxygen atoms in total. The molecule has 0 heterocycles. The zero-order chi connectivity index (χ0) is 20.0. The lowest BCUT2D eigenvalue weighted by molar-refractivity contribution is -0.138. The molecular weight excluding hydrogens is 413 g/mol. The van der Waals surface area contributed by atoms with Gasteiger partial charge < -0.3 is 9.47 Å². The number of rotatable bonds is 8. The first-order valence-corrected chi connectivity index (χ1v) is 9.87. The van der Waals surface area contributed by atoms with Crippen LogP contribution in [0, 0.1) is 0 Å². The normalized spacial score (nSPS) is 10.9. The van der Waals surface area contributed by atoms with Gasteiger partial charge in [0.15, 0.2) is 0 Å². The maximum Gasteiger partial charge on any atom is 0.326 e. The molecule has 2 aromatic carbocycles. The molecule has 0 radical (unpaired) electrons. The van der Waals surface area contributed by atoms with Gasteiger partial charge in [0.05, 0.1) is 17.8 Å². The largest absolute Gasteiger partial charge is 0.489 e. The van der Waals surface area contributed by atoms with Gasteiger partial charge in [-0.05, 0) is 30.3 Å². The van der Waals surface area contributed by atoms with Crippen LogP contribution in [0.25, 0.3) is 0 Å². The molecule has 0 aliphatic heterocycles. The summed E-state index contributed by atoms with van der Waals surface area (Å²) in [7, 11) is -3.04. The van der Waals surface area contributed by atoms with Crippen molar-refractivity contribution >= 4 is 44.9 Å². The van der Waals surface area contributed by atoms with Crippen LogP contribution in [0.1, 0.15) is 0 Å². The van der Waals surface area contributed by atoms with Crippen LogP contribution in [0.2, 0.25) is 10.0 Å². The number of ether oxygens (including phenoxy) is 2. The molecule has 0 spiro atoms. The Bertz CT molecular complexity index is 947. The Kier molecular flexibility index (Phi) is 7.12. The molecule has 2 rings (SSSR count). The first-order chi connectivity index (χ1) is 12.8. The van der Waals surface area contributed by atoms with E-state index in [4.69, 9.17) is 27.9 Å². The smallest absolute Gasteiger partial charge is 0.326 e. The van der Waals surface area contributed by atoms with Crippen molar-refractivity contribution in [1.29, 1.82) is 0 Å². The number of methoxy groups -OCH3 is 1. The molecule has 144 valence electrons. The lowest BCUT2D eigenvalue weighted by Crippen LogP contribution is -2.36. The first kappa shape index (κ1) is 21.1. The predicted molar refractivity (Wildman–Crippen MR) is 105 cm³/mol. The van der Waals surface area contributed by atoms with E-state index in [9.17, 15) is 13.2 Å². The number of nitrogens with zero attached hydrogens (tertiary/aromatic N) is 1. The van der Waals surface area contributed by atoms with Crippen molar-refractivity contribution in [2.75, 3.05) is 24.6 Å². The first-order valence-electron chi connectivity index (χ1n) is 7.68. The number of hydrogen-bond acceptors (Lipinski definition) is 5. The summed E-state index contributed by atoms with van der Waals surface area (Å²) in [4.78, 5) is 11.6. The summed E-state index contributed by atoms with van der Waals surface area (Å²) >= 11 is 12.0. The number of carbonyl (C=O) groups is 1. The maximum absolute atomic E-state index is 13.2. The number of sulfonamides is 1. The minimum Gasteiger partial charge on any atom is -0.489 e. The molecule has 0 saturated carbocycles. The van der Waals surface area contributed by atoms with Gasteiger partial charge in [0.2, 0.25) is 0 Å². The fraction of sp³-hybridized carbons (Fsp3) is 0.167. The Morgan fingerprint density at radius 3 is 2.63 bits per heavy atom. The van der Waals surface area contributed by atoms with Crippen LogP contribution in [-0.4, -0.2) is 34.6 Å². The third-order valence-electron chi connectivity index (χ3n) is 3.44. The molecule has 0 amide bonds. The van der Waals surface area contributed by atoms with Gasteiger partial charge in [-0.15, -0.1) is 0 Å². The highest BCUT2D eigenvalue weighted by Crippen LogP contribution is 2.32. The fourth-order valence-corrected chi connectivity index (χ4v) is 4.32. The van der Waals surface area contributed by atoms with Crippen molar-refractivity contribution in [3.05, 3.63) is 65.2 Å². The topological polar surface area (TPSA) is 72.9 Å². The third kappa shape index (κ3) is 5.15. The molecule has 2 aromatic rings. The van der Waals surface area contributed by atoms with Gasteiger partial charge >= 0.3 is 5.97 Å². The number of esters is 1. The van der Waals surface area contributed by atoms with Crippen molar-refractivity contribution in [1.82, 2.24) is 0 Å². The molecule has 0 saturated heterocycles. The van der Waals surface area contributed by atoms with Crippen LogP contribution in [0.15, 0.2) is 60.0 Å². The van der Waals surface area contributed by atoms with Crippen LogP contribution in [-0.2, 0) is 19.6 Å². The molecule has 0 atom stereocenters. The van der Waals surface area contributed by atoms with Crippen LogP contribution in [0.4, 0.5) is 5.69 Å². The fourth-order valence-electron chi connectivity index (χ4n) is 2.17. The Morgan fingerprint density at radius 1 is 1.22 bits per heavy atom. The van der Waals surface area contributed by atoms with E-state index in [1.54, 1.807) is 18.2 Å². The molecule has 27 heavy (non-hydrogen) atoms. The highest BCUT2D eigenvalue weighted by Gasteiger charge is 2.30. The average molecular weight is 430 g/mol. The summed E-state index contributed by atoms with van der Waals surface area (Å²) in [6.07, 6.45) is 1.56. The average Bonchev–Trinajstić information content (AvgIpc) is 2.66. The molecule has 9 heteroatoms. The lowest BCUT2D eigenvalue weighted by Gasteiger charge is -2.24. The van der Waals surface area contributed by atoms with E-state index in [1.807, 2.05) is 0 Å². The van der Waals surface area contributed by atoms with Gasteiger partial charge in [-0.3, -0.25) is 9.10 Å². The predicted octanol–water partition coefficient (Wildman–Crippen LogP) is 3.93. The van der Waals surface area contributed by atoms with Crippen LogP contribution < -0.4 is 9.04 Å². The molecule has 0 aromatic heterocycles. The van der Waals surface area contributed by atoms with Crippen molar-refractivity contribution in [2.45, 2.75) is 4.90 Å². The van der Waals surface area contributed by atoms with Crippen LogP contribution in [0.5, 0.6) is 5.75 Å². The Balaban J connectivity index is 2.56. The van der Waals surface area contributed by atoms with Gasteiger partial charge in [0.25, 0.3) is 10.0 Å². The van der Waals surface area contributed by atoms with Crippen molar-refractivity contribution in [2.24, 2.45) is 0 Å². The second-order valence-corrected chi connectivity index (χ2v) is 7.93. The minimum absolute atomic E-state index is 0.0201. The third-order valence-corrected chi connectivity index (χ3v) is 5.93. The Morgan fingerprint density at radius 2 is 1.96 bits per heavy atom. The summed E-state index contributed by atoms with van der Waals surface area (Å²) in [6.45, 7) is 3.26. The summed E-state index contributed by atoms with van der Waals surface area (Å²) in [6, 6.07) is 10.3.